The highest BCUT2D eigenvalue weighted by Gasteiger charge is 2.16. The number of rotatable bonds is 4. The van der Waals surface area contributed by atoms with Gasteiger partial charge in [0.15, 0.2) is 0 Å². The summed E-state index contributed by atoms with van der Waals surface area (Å²) in [6.45, 7) is 6.17. The van der Waals surface area contributed by atoms with Crippen LogP contribution in [0.4, 0.5) is 11.4 Å². The van der Waals surface area contributed by atoms with Crippen molar-refractivity contribution in [2.75, 3.05) is 11.1 Å². The van der Waals surface area contributed by atoms with Crippen molar-refractivity contribution < 1.29 is 4.79 Å². The van der Waals surface area contributed by atoms with Crippen LogP contribution in [0.2, 0.25) is 5.02 Å². The van der Waals surface area contributed by atoms with Gasteiger partial charge in [-0.15, -0.1) is 0 Å². The largest absolute Gasteiger partial charge is 0.399 e. The molecular weight excluding hydrogens is 238 g/mol. The van der Waals surface area contributed by atoms with E-state index in [1.54, 1.807) is 6.07 Å². The number of hydrogen-bond acceptors (Lipinski definition) is 3. The molecule has 0 aliphatic heterocycles. The summed E-state index contributed by atoms with van der Waals surface area (Å²) in [5.41, 5.74) is 12.2. The zero-order valence-corrected chi connectivity index (χ0v) is 11.0. The first-order chi connectivity index (χ1) is 7.82. The van der Waals surface area contributed by atoms with Crippen molar-refractivity contribution in [2.24, 2.45) is 11.7 Å². The summed E-state index contributed by atoms with van der Waals surface area (Å²) in [7, 11) is 0. The number of amides is 1. The van der Waals surface area contributed by atoms with Crippen LogP contribution in [0.1, 0.15) is 31.1 Å². The molecule has 0 bridgehead atoms. The van der Waals surface area contributed by atoms with Gasteiger partial charge in [0.1, 0.15) is 0 Å². The first-order valence-electron chi connectivity index (χ1n) is 5.48. The highest BCUT2D eigenvalue weighted by molar-refractivity contribution is 6.34. The van der Waals surface area contributed by atoms with E-state index in [1.807, 2.05) is 6.92 Å². The van der Waals surface area contributed by atoms with Crippen molar-refractivity contribution in [2.45, 2.75) is 26.8 Å². The van der Waals surface area contributed by atoms with Gasteiger partial charge in [-0.2, -0.15) is 0 Å². The fraction of sp³-hybridized carbons (Fsp3) is 0.417. The molecule has 0 spiro atoms. The molecule has 0 saturated heterocycles. The lowest BCUT2D eigenvalue weighted by molar-refractivity contribution is 0.100. The van der Waals surface area contributed by atoms with Gasteiger partial charge < -0.3 is 16.8 Å². The van der Waals surface area contributed by atoms with Crippen LogP contribution in [0.25, 0.3) is 0 Å². The molecule has 1 unspecified atom stereocenters. The zero-order chi connectivity index (χ0) is 13.2. The topological polar surface area (TPSA) is 81.1 Å². The Morgan fingerprint density at radius 3 is 2.41 bits per heavy atom. The molecule has 0 aromatic heterocycles. The van der Waals surface area contributed by atoms with E-state index in [2.05, 4.69) is 19.2 Å². The Labute approximate surface area is 106 Å². The molecule has 94 valence electrons. The molecular formula is C12H18ClN3O. The fourth-order valence-corrected chi connectivity index (χ4v) is 1.65. The van der Waals surface area contributed by atoms with E-state index in [-0.39, 0.29) is 6.04 Å². The molecule has 0 aliphatic rings. The summed E-state index contributed by atoms with van der Waals surface area (Å²) < 4.78 is 0. The van der Waals surface area contributed by atoms with E-state index in [4.69, 9.17) is 23.1 Å². The molecule has 0 heterocycles. The summed E-state index contributed by atoms with van der Waals surface area (Å²) in [6, 6.07) is 3.31. The first-order valence-corrected chi connectivity index (χ1v) is 5.86. The van der Waals surface area contributed by atoms with Crippen molar-refractivity contribution >= 4 is 28.9 Å². The van der Waals surface area contributed by atoms with Crippen LogP contribution in [0.15, 0.2) is 12.1 Å². The Balaban J connectivity index is 3.17. The average molecular weight is 256 g/mol. The number of hydrogen-bond donors (Lipinski definition) is 3. The standard InChI is InChI=1S/C12H18ClN3O/c1-6(2)7(3)16-11-9(12(15)17)4-8(14)5-10(11)13/h4-7,16H,14H2,1-3H3,(H2,15,17). The molecule has 0 aliphatic carbocycles. The number of nitrogens with two attached hydrogens (primary N) is 2. The Kier molecular flexibility index (Phi) is 4.23. The summed E-state index contributed by atoms with van der Waals surface area (Å²) in [4.78, 5) is 11.3. The maximum Gasteiger partial charge on any atom is 0.250 e. The van der Waals surface area contributed by atoms with Gasteiger partial charge in [-0.3, -0.25) is 4.79 Å². The second-order valence-corrected chi connectivity index (χ2v) is 4.87. The van der Waals surface area contributed by atoms with Gasteiger partial charge in [-0.05, 0) is 25.0 Å². The van der Waals surface area contributed by atoms with E-state index in [1.165, 1.54) is 6.07 Å². The summed E-state index contributed by atoms with van der Waals surface area (Å²) in [5, 5.41) is 3.61. The van der Waals surface area contributed by atoms with E-state index >= 15 is 0 Å². The number of anilines is 2. The molecule has 17 heavy (non-hydrogen) atoms. The predicted molar refractivity (Wildman–Crippen MR) is 72.3 cm³/mol. The smallest absolute Gasteiger partial charge is 0.250 e. The number of primary amides is 1. The third-order valence-corrected chi connectivity index (χ3v) is 3.05. The van der Waals surface area contributed by atoms with Crippen molar-refractivity contribution in [1.29, 1.82) is 0 Å². The minimum atomic E-state index is -0.544. The van der Waals surface area contributed by atoms with Gasteiger partial charge in [0.25, 0.3) is 5.91 Å². The lowest BCUT2D eigenvalue weighted by Gasteiger charge is -2.21. The van der Waals surface area contributed by atoms with Crippen LogP contribution in [0.5, 0.6) is 0 Å². The lowest BCUT2D eigenvalue weighted by Crippen LogP contribution is -2.24. The molecule has 1 aromatic rings. The van der Waals surface area contributed by atoms with Gasteiger partial charge in [-0.1, -0.05) is 25.4 Å². The quantitative estimate of drug-likeness (QED) is 0.723. The molecule has 1 atom stereocenters. The van der Waals surface area contributed by atoms with E-state index in [9.17, 15) is 4.79 Å². The summed E-state index contributed by atoms with van der Waals surface area (Å²) in [5.74, 6) is -0.137. The van der Waals surface area contributed by atoms with Crippen LogP contribution in [-0.2, 0) is 0 Å². The monoisotopic (exact) mass is 255 g/mol. The minimum Gasteiger partial charge on any atom is -0.399 e. The summed E-state index contributed by atoms with van der Waals surface area (Å²) >= 11 is 6.08. The van der Waals surface area contributed by atoms with Crippen molar-refractivity contribution in [3.05, 3.63) is 22.7 Å². The van der Waals surface area contributed by atoms with E-state index in [0.717, 1.165) is 0 Å². The SMILES string of the molecule is CC(C)C(C)Nc1c(Cl)cc(N)cc1C(N)=O. The van der Waals surface area contributed by atoms with Gasteiger partial charge >= 0.3 is 0 Å². The average Bonchev–Trinajstić information content (AvgIpc) is 2.20. The molecule has 1 rings (SSSR count). The number of nitrogen functional groups attached to an aromatic ring is 1. The zero-order valence-electron chi connectivity index (χ0n) is 10.3. The lowest BCUT2D eigenvalue weighted by atomic mass is 10.0. The minimum absolute atomic E-state index is 0.175. The van der Waals surface area contributed by atoms with E-state index in [0.29, 0.717) is 27.9 Å². The first kappa shape index (κ1) is 13.6. The Bertz CT molecular complexity index is 432. The van der Waals surface area contributed by atoms with Crippen LogP contribution in [-0.4, -0.2) is 11.9 Å². The van der Waals surface area contributed by atoms with Gasteiger partial charge in [0, 0.05) is 11.7 Å². The highest BCUT2D eigenvalue weighted by Crippen LogP contribution is 2.30. The highest BCUT2D eigenvalue weighted by atomic mass is 35.5. The maximum absolute atomic E-state index is 11.3. The van der Waals surface area contributed by atoms with Crippen LogP contribution >= 0.6 is 11.6 Å². The number of halogens is 1. The third-order valence-electron chi connectivity index (χ3n) is 2.75. The molecule has 5 N–H and O–H groups in total. The molecule has 1 aromatic carbocycles. The molecule has 5 heteroatoms. The van der Waals surface area contributed by atoms with Gasteiger partial charge in [-0.25, -0.2) is 0 Å². The summed E-state index contributed by atoms with van der Waals surface area (Å²) in [6.07, 6.45) is 0. The molecule has 0 fully saturated rings. The Morgan fingerprint density at radius 2 is 1.94 bits per heavy atom. The van der Waals surface area contributed by atoms with Crippen LogP contribution < -0.4 is 16.8 Å². The molecule has 4 nitrogen and oxygen atoms in total. The second kappa shape index (κ2) is 5.27. The number of benzene rings is 1. The predicted octanol–water partition coefficient (Wildman–Crippen LogP) is 2.48. The Hall–Kier alpha value is -1.42. The van der Waals surface area contributed by atoms with Crippen LogP contribution in [0.3, 0.4) is 0 Å². The Morgan fingerprint density at radius 1 is 1.35 bits per heavy atom. The van der Waals surface area contributed by atoms with Gasteiger partial charge in [0.05, 0.1) is 16.3 Å². The van der Waals surface area contributed by atoms with Crippen molar-refractivity contribution in [3.63, 3.8) is 0 Å². The third kappa shape index (κ3) is 3.27. The van der Waals surface area contributed by atoms with E-state index < -0.39 is 5.91 Å². The van der Waals surface area contributed by atoms with Crippen molar-refractivity contribution in [1.82, 2.24) is 0 Å². The molecule has 0 saturated carbocycles. The fourth-order valence-electron chi connectivity index (χ4n) is 1.36. The second-order valence-electron chi connectivity index (χ2n) is 4.47. The molecule has 1 amide bonds. The van der Waals surface area contributed by atoms with Crippen molar-refractivity contribution in [3.8, 4) is 0 Å². The van der Waals surface area contributed by atoms with Crippen LogP contribution in [0, 0.1) is 5.92 Å². The van der Waals surface area contributed by atoms with Gasteiger partial charge in [0.2, 0.25) is 0 Å². The maximum atomic E-state index is 11.3. The normalized spacial score (nSPS) is 12.5. The molecule has 0 radical (unpaired) electrons. The number of carbonyl (C=O) groups is 1. The number of nitrogens with one attached hydrogen (secondary N) is 1. The number of carbonyl (C=O) groups excluding carboxylic acids is 1.